The molecule has 4 nitrogen and oxygen atoms in total. The Labute approximate surface area is 144 Å². The molecule has 1 atom stereocenters. The minimum Gasteiger partial charge on any atom is -0.392 e. The summed E-state index contributed by atoms with van der Waals surface area (Å²) >= 11 is 12.6. The summed E-state index contributed by atoms with van der Waals surface area (Å²) in [6.07, 6.45) is -0.466. The molecular weight excluding hydrogens is 333 g/mol. The van der Waals surface area contributed by atoms with Crippen molar-refractivity contribution in [3.05, 3.63) is 58.1 Å². The molecule has 6 heteroatoms. The second-order valence-electron chi connectivity index (χ2n) is 5.44. The summed E-state index contributed by atoms with van der Waals surface area (Å²) in [4.78, 5) is 4.59. The van der Waals surface area contributed by atoms with Crippen molar-refractivity contribution in [1.82, 2.24) is 9.55 Å². The summed E-state index contributed by atoms with van der Waals surface area (Å²) in [5.41, 5.74) is 2.71. The van der Waals surface area contributed by atoms with Crippen molar-refractivity contribution in [1.29, 1.82) is 0 Å². The average molecular weight is 350 g/mol. The number of fused-ring (bicyclic) bond motifs is 1. The minimum absolute atomic E-state index is 0.416. The summed E-state index contributed by atoms with van der Waals surface area (Å²) < 4.78 is 2.02. The van der Waals surface area contributed by atoms with Crippen molar-refractivity contribution >= 4 is 40.2 Å². The second-order valence-corrected chi connectivity index (χ2v) is 6.25. The van der Waals surface area contributed by atoms with Gasteiger partial charge in [0.25, 0.3) is 0 Å². The number of rotatable bonds is 5. The smallest absolute Gasteiger partial charge is 0.204 e. The summed E-state index contributed by atoms with van der Waals surface area (Å²) in [6.45, 7) is 2.64. The fraction of sp³-hybridized carbons (Fsp3) is 0.235. The van der Waals surface area contributed by atoms with Crippen molar-refractivity contribution in [2.75, 3.05) is 11.9 Å². The highest BCUT2D eigenvalue weighted by Crippen LogP contribution is 2.28. The summed E-state index contributed by atoms with van der Waals surface area (Å²) in [6, 6.07) is 13.3. The Morgan fingerprint density at radius 1 is 1.13 bits per heavy atom. The Hall–Kier alpha value is -1.75. The van der Waals surface area contributed by atoms with E-state index in [0.29, 0.717) is 29.1 Å². The van der Waals surface area contributed by atoms with E-state index in [4.69, 9.17) is 23.2 Å². The quantitative estimate of drug-likeness (QED) is 0.726. The van der Waals surface area contributed by atoms with Gasteiger partial charge in [-0.15, -0.1) is 0 Å². The molecule has 0 saturated heterocycles. The minimum atomic E-state index is -0.466. The van der Waals surface area contributed by atoms with E-state index < -0.39 is 6.10 Å². The van der Waals surface area contributed by atoms with Crippen LogP contribution in [0, 0.1) is 0 Å². The maximum Gasteiger partial charge on any atom is 0.204 e. The molecule has 0 spiro atoms. The first-order chi connectivity index (χ1) is 11.1. The zero-order valence-electron chi connectivity index (χ0n) is 12.6. The van der Waals surface area contributed by atoms with Gasteiger partial charge in [0, 0.05) is 22.2 Å². The van der Waals surface area contributed by atoms with Gasteiger partial charge in [0.15, 0.2) is 0 Å². The van der Waals surface area contributed by atoms with E-state index >= 15 is 0 Å². The van der Waals surface area contributed by atoms with Gasteiger partial charge in [0.05, 0.1) is 23.7 Å². The Bertz CT molecular complexity index is 810. The Kier molecular flexibility index (Phi) is 4.76. The number of aromatic nitrogens is 2. The predicted octanol–water partition coefficient (Wildman–Crippen LogP) is 4.18. The number of hydrogen-bond donors (Lipinski definition) is 2. The van der Waals surface area contributed by atoms with Crippen LogP contribution in [-0.4, -0.2) is 27.3 Å². The Balaban J connectivity index is 2.05. The average Bonchev–Trinajstić information content (AvgIpc) is 2.87. The number of halogens is 2. The van der Waals surface area contributed by atoms with Crippen LogP contribution in [0.25, 0.3) is 11.0 Å². The third-order valence-electron chi connectivity index (χ3n) is 3.59. The highest BCUT2D eigenvalue weighted by atomic mass is 35.5. The van der Waals surface area contributed by atoms with Crippen LogP contribution in [0.3, 0.4) is 0 Å². The molecule has 23 heavy (non-hydrogen) atoms. The van der Waals surface area contributed by atoms with Gasteiger partial charge in [-0.2, -0.15) is 0 Å². The normalized spacial score (nSPS) is 12.5. The van der Waals surface area contributed by atoms with Crippen molar-refractivity contribution < 1.29 is 5.11 Å². The van der Waals surface area contributed by atoms with Crippen molar-refractivity contribution in [2.24, 2.45) is 0 Å². The van der Waals surface area contributed by atoms with E-state index in [9.17, 15) is 5.11 Å². The fourth-order valence-electron chi connectivity index (χ4n) is 2.45. The maximum absolute atomic E-state index is 9.52. The van der Waals surface area contributed by atoms with Crippen LogP contribution in [-0.2, 0) is 6.54 Å². The Morgan fingerprint density at radius 2 is 1.83 bits per heavy atom. The number of anilines is 1. The molecular formula is C17H17Cl2N3O. The van der Waals surface area contributed by atoms with E-state index in [1.54, 1.807) is 6.92 Å². The molecule has 0 radical (unpaired) electrons. The van der Waals surface area contributed by atoms with Crippen LogP contribution >= 0.6 is 23.2 Å². The molecule has 0 aliphatic carbocycles. The molecule has 0 aliphatic heterocycles. The number of imidazole rings is 1. The van der Waals surface area contributed by atoms with Gasteiger partial charge >= 0.3 is 0 Å². The monoisotopic (exact) mass is 349 g/mol. The molecule has 1 unspecified atom stereocenters. The fourth-order valence-corrected chi connectivity index (χ4v) is 2.97. The number of nitrogens with one attached hydrogen (secondary N) is 1. The van der Waals surface area contributed by atoms with E-state index in [2.05, 4.69) is 10.3 Å². The number of benzene rings is 2. The van der Waals surface area contributed by atoms with Crippen molar-refractivity contribution in [2.45, 2.75) is 19.6 Å². The van der Waals surface area contributed by atoms with E-state index in [1.165, 1.54) is 0 Å². The highest BCUT2D eigenvalue weighted by Gasteiger charge is 2.14. The predicted molar refractivity (Wildman–Crippen MR) is 95.5 cm³/mol. The zero-order valence-corrected chi connectivity index (χ0v) is 14.1. The summed E-state index contributed by atoms with van der Waals surface area (Å²) in [5, 5.41) is 13.9. The standard InChI is InChI=1S/C17H17Cl2N3O/c1-11(23)9-20-17-21-15-7-2-3-8-16(15)22(17)10-12-13(18)5-4-6-14(12)19/h2-8,11,23H,9-10H2,1H3,(H,20,21). The van der Waals surface area contributed by atoms with Gasteiger partial charge < -0.3 is 15.0 Å². The molecule has 2 N–H and O–H groups in total. The lowest BCUT2D eigenvalue weighted by molar-refractivity contribution is 0.208. The number of aliphatic hydroxyl groups is 1. The van der Waals surface area contributed by atoms with Gasteiger partial charge in [0.2, 0.25) is 5.95 Å². The first-order valence-corrected chi connectivity index (χ1v) is 8.12. The largest absolute Gasteiger partial charge is 0.392 e. The first-order valence-electron chi connectivity index (χ1n) is 7.36. The number of para-hydroxylation sites is 2. The second kappa shape index (κ2) is 6.79. The van der Waals surface area contributed by atoms with Gasteiger partial charge in [-0.25, -0.2) is 4.98 Å². The molecule has 0 bridgehead atoms. The zero-order chi connectivity index (χ0) is 16.4. The SMILES string of the molecule is CC(O)CNc1nc2ccccc2n1Cc1c(Cl)cccc1Cl. The molecule has 3 rings (SSSR count). The third kappa shape index (κ3) is 3.44. The third-order valence-corrected chi connectivity index (χ3v) is 4.30. The van der Waals surface area contributed by atoms with Crippen LogP contribution in [0.15, 0.2) is 42.5 Å². The number of nitrogens with zero attached hydrogens (tertiary/aromatic N) is 2. The first kappa shape index (κ1) is 16.1. The highest BCUT2D eigenvalue weighted by molar-refractivity contribution is 6.36. The summed E-state index contributed by atoms with van der Waals surface area (Å²) in [7, 11) is 0. The molecule has 2 aromatic carbocycles. The van der Waals surface area contributed by atoms with Crippen LogP contribution in [0.1, 0.15) is 12.5 Å². The van der Waals surface area contributed by atoms with Crippen LogP contribution < -0.4 is 5.32 Å². The van der Waals surface area contributed by atoms with Crippen molar-refractivity contribution in [3.8, 4) is 0 Å². The van der Waals surface area contributed by atoms with E-state index in [1.807, 2.05) is 47.0 Å². The topological polar surface area (TPSA) is 50.1 Å². The van der Waals surface area contributed by atoms with Gasteiger partial charge in [0.1, 0.15) is 0 Å². The van der Waals surface area contributed by atoms with Crippen LogP contribution in [0.4, 0.5) is 5.95 Å². The molecule has 1 heterocycles. The van der Waals surface area contributed by atoms with Gasteiger partial charge in [-0.1, -0.05) is 41.4 Å². The summed E-state index contributed by atoms with van der Waals surface area (Å²) in [5.74, 6) is 0.683. The molecule has 120 valence electrons. The lowest BCUT2D eigenvalue weighted by atomic mass is 10.2. The molecule has 0 amide bonds. The maximum atomic E-state index is 9.52. The van der Waals surface area contributed by atoms with Crippen LogP contribution in [0.2, 0.25) is 10.0 Å². The molecule has 0 fully saturated rings. The van der Waals surface area contributed by atoms with Gasteiger partial charge in [-0.3, -0.25) is 0 Å². The van der Waals surface area contributed by atoms with E-state index in [0.717, 1.165) is 16.6 Å². The van der Waals surface area contributed by atoms with Crippen LogP contribution in [0.5, 0.6) is 0 Å². The number of hydrogen-bond acceptors (Lipinski definition) is 3. The molecule has 0 aliphatic rings. The lowest BCUT2D eigenvalue weighted by Crippen LogP contribution is -2.18. The Morgan fingerprint density at radius 3 is 2.52 bits per heavy atom. The molecule has 3 aromatic rings. The molecule has 0 saturated carbocycles. The number of aliphatic hydroxyl groups excluding tert-OH is 1. The van der Waals surface area contributed by atoms with Gasteiger partial charge in [-0.05, 0) is 31.2 Å². The van der Waals surface area contributed by atoms with E-state index in [-0.39, 0.29) is 0 Å². The molecule has 1 aromatic heterocycles. The lowest BCUT2D eigenvalue weighted by Gasteiger charge is -2.14. The van der Waals surface area contributed by atoms with Crippen molar-refractivity contribution in [3.63, 3.8) is 0 Å².